The van der Waals surface area contributed by atoms with Crippen LogP contribution in [0, 0.1) is 0 Å². The molecule has 4 amide bonds. The number of anilines is 2. The van der Waals surface area contributed by atoms with Gasteiger partial charge in [-0.25, -0.2) is 19.4 Å². The van der Waals surface area contributed by atoms with E-state index in [2.05, 4.69) is 0 Å². The minimum absolute atomic E-state index is 0.00153. The first kappa shape index (κ1) is 27.6. The number of rotatable bonds is 6. The number of hydrogen-bond acceptors (Lipinski definition) is 7. The van der Waals surface area contributed by atoms with Gasteiger partial charge in [0.25, 0.3) is 23.6 Å². The Morgan fingerprint density at radius 1 is 0.535 bits per heavy atom. The fourth-order valence-electron chi connectivity index (χ4n) is 4.77. The Labute approximate surface area is 251 Å². The van der Waals surface area contributed by atoms with Gasteiger partial charge in [-0.3, -0.25) is 19.2 Å². The molecule has 4 aromatic carbocycles. The fraction of sp³-hybridized carbons (Fsp3) is 0. The summed E-state index contributed by atoms with van der Waals surface area (Å²) in [6.45, 7) is 0. The highest BCUT2D eigenvalue weighted by atomic mass is 35.5. The number of hydrogen-bond donors (Lipinski definition) is 2. The molecule has 0 unspecified atom stereocenters. The maximum Gasteiger partial charge on any atom is 0.335 e. The summed E-state index contributed by atoms with van der Waals surface area (Å²) in [6.07, 6.45) is 0. The van der Waals surface area contributed by atoms with Crippen molar-refractivity contribution >= 4 is 70.1 Å². The van der Waals surface area contributed by atoms with Crippen molar-refractivity contribution in [2.75, 3.05) is 9.80 Å². The SMILES string of the molecule is O=C(O)c1ccc(Cl)c(N2C(=O)c3ccc(Oc4ccc5c(c4)C(=O)N(c4cc(C(=O)O)ccc4Cl)C5=O)cc3C2=O)c1. The number of carbonyl (C=O) groups excluding carboxylic acids is 4. The molecule has 0 atom stereocenters. The summed E-state index contributed by atoms with van der Waals surface area (Å²) >= 11 is 12.4. The largest absolute Gasteiger partial charge is 0.478 e. The van der Waals surface area contributed by atoms with Gasteiger partial charge in [-0.05, 0) is 72.8 Å². The normalized spacial score (nSPS) is 13.8. The smallest absolute Gasteiger partial charge is 0.335 e. The molecular weight excluding hydrogens is 603 g/mol. The molecule has 2 heterocycles. The minimum Gasteiger partial charge on any atom is -0.478 e. The summed E-state index contributed by atoms with van der Waals surface area (Å²) in [5.41, 5.74) is -0.470. The van der Waals surface area contributed by atoms with Crippen molar-refractivity contribution in [3.05, 3.63) is 116 Å². The lowest BCUT2D eigenvalue weighted by Crippen LogP contribution is -2.29. The van der Waals surface area contributed by atoms with Gasteiger partial charge in [-0.15, -0.1) is 0 Å². The van der Waals surface area contributed by atoms with E-state index >= 15 is 0 Å². The number of imide groups is 2. The molecule has 0 bridgehead atoms. The highest BCUT2D eigenvalue weighted by Gasteiger charge is 2.40. The van der Waals surface area contributed by atoms with Gasteiger partial charge < -0.3 is 14.9 Å². The van der Waals surface area contributed by atoms with Crippen LogP contribution in [-0.2, 0) is 0 Å². The molecule has 2 N–H and O–H groups in total. The first-order chi connectivity index (χ1) is 20.5. The molecule has 6 rings (SSSR count). The number of carbonyl (C=O) groups is 6. The van der Waals surface area contributed by atoms with Crippen LogP contribution in [-0.4, -0.2) is 45.8 Å². The minimum atomic E-state index is -1.26. The third kappa shape index (κ3) is 4.47. The maximum absolute atomic E-state index is 13.3. The predicted octanol–water partition coefficient (Wildman–Crippen LogP) is 5.78. The van der Waals surface area contributed by atoms with E-state index in [-0.39, 0.29) is 66.3 Å². The van der Waals surface area contributed by atoms with E-state index in [1.807, 2.05) is 0 Å². The second kappa shape index (κ2) is 10.1. The highest BCUT2D eigenvalue weighted by Crippen LogP contribution is 2.38. The summed E-state index contributed by atoms with van der Waals surface area (Å²) in [7, 11) is 0. The van der Waals surface area contributed by atoms with Crippen LogP contribution in [0.4, 0.5) is 11.4 Å². The molecule has 0 spiro atoms. The summed E-state index contributed by atoms with van der Waals surface area (Å²) in [4.78, 5) is 77.0. The van der Waals surface area contributed by atoms with Crippen molar-refractivity contribution in [1.29, 1.82) is 0 Å². The van der Waals surface area contributed by atoms with Crippen LogP contribution in [0.25, 0.3) is 0 Å². The topological polar surface area (TPSA) is 159 Å². The van der Waals surface area contributed by atoms with Crippen LogP contribution in [0.15, 0.2) is 72.8 Å². The number of nitrogens with zero attached hydrogens (tertiary/aromatic N) is 2. The summed E-state index contributed by atoms with van der Waals surface area (Å²) in [5, 5.41) is 18.6. The van der Waals surface area contributed by atoms with Crippen LogP contribution in [0.5, 0.6) is 11.5 Å². The molecule has 43 heavy (non-hydrogen) atoms. The first-order valence-corrected chi connectivity index (χ1v) is 13.0. The number of halogens is 2. The number of ether oxygens (including phenoxy) is 1. The first-order valence-electron chi connectivity index (χ1n) is 12.3. The van der Waals surface area contributed by atoms with Gasteiger partial charge in [0.05, 0.1) is 54.8 Å². The van der Waals surface area contributed by atoms with Gasteiger partial charge in [0.2, 0.25) is 0 Å². The summed E-state index contributed by atoms with van der Waals surface area (Å²) < 4.78 is 5.85. The third-order valence-electron chi connectivity index (χ3n) is 6.82. The number of amides is 4. The second-order valence-corrected chi connectivity index (χ2v) is 10.2. The van der Waals surface area contributed by atoms with Crippen molar-refractivity contribution in [3.8, 4) is 11.5 Å². The van der Waals surface area contributed by atoms with Gasteiger partial charge in [0.1, 0.15) is 11.5 Å². The molecule has 4 aromatic rings. The molecule has 0 saturated heterocycles. The molecule has 2 aliphatic heterocycles. The molecule has 0 saturated carbocycles. The van der Waals surface area contributed by atoms with Crippen LogP contribution in [0.1, 0.15) is 62.1 Å². The van der Waals surface area contributed by atoms with Crippen molar-refractivity contribution in [3.63, 3.8) is 0 Å². The monoisotopic (exact) mass is 616 g/mol. The molecule has 0 radical (unpaired) electrons. The van der Waals surface area contributed by atoms with Gasteiger partial charge in [0.15, 0.2) is 0 Å². The quantitative estimate of drug-likeness (QED) is 0.256. The molecule has 0 fully saturated rings. The maximum atomic E-state index is 13.3. The lowest BCUT2D eigenvalue weighted by atomic mass is 10.1. The molecule has 11 nitrogen and oxygen atoms in total. The highest BCUT2D eigenvalue weighted by molar-refractivity contribution is 6.41. The van der Waals surface area contributed by atoms with Crippen molar-refractivity contribution in [2.45, 2.75) is 0 Å². The summed E-state index contributed by atoms with van der Waals surface area (Å²) in [5.74, 6) is -5.19. The van der Waals surface area contributed by atoms with E-state index in [0.717, 1.165) is 21.9 Å². The number of aromatic carboxylic acids is 2. The number of benzene rings is 4. The van der Waals surface area contributed by atoms with Crippen LogP contribution >= 0.6 is 23.2 Å². The van der Waals surface area contributed by atoms with Gasteiger partial charge in [0, 0.05) is 0 Å². The van der Waals surface area contributed by atoms with Crippen LogP contribution in [0.2, 0.25) is 10.0 Å². The average Bonchev–Trinajstić information content (AvgIpc) is 3.36. The lowest BCUT2D eigenvalue weighted by molar-refractivity contribution is 0.0686. The van der Waals surface area contributed by atoms with Crippen LogP contribution in [0.3, 0.4) is 0 Å². The molecule has 212 valence electrons. The lowest BCUT2D eigenvalue weighted by Gasteiger charge is -2.16. The fourth-order valence-corrected chi connectivity index (χ4v) is 5.18. The Balaban J connectivity index is 1.29. The predicted molar refractivity (Wildman–Crippen MR) is 152 cm³/mol. The Bertz CT molecular complexity index is 1850. The Hall–Kier alpha value is -5.52. The van der Waals surface area contributed by atoms with E-state index in [0.29, 0.717) is 0 Å². The Morgan fingerprint density at radius 3 is 1.28 bits per heavy atom. The zero-order valence-electron chi connectivity index (χ0n) is 21.3. The van der Waals surface area contributed by atoms with E-state index in [1.54, 1.807) is 0 Å². The molecule has 2 aliphatic rings. The van der Waals surface area contributed by atoms with E-state index in [4.69, 9.17) is 27.9 Å². The van der Waals surface area contributed by atoms with Gasteiger partial charge in [-0.1, -0.05) is 23.2 Å². The van der Waals surface area contributed by atoms with Gasteiger partial charge >= 0.3 is 11.9 Å². The molecular formula is C30H14Cl2N2O9. The van der Waals surface area contributed by atoms with Crippen molar-refractivity contribution in [2.24, 2.45) is 0 Å². The standard InChI is InChI=1S/C30H14Cl2N2O9/c31-21-7-1-13(29(39)40)9-23(21)33-25(35)17-5-3-15(11-19(17)27(33)37)43-16-4-6-18-20(12-16)28(38)34(26(18)36)24-10-14(30(41)42)2-8-22(24)32/h1-12H,(H,39,40)(H,41,42). The van der Waals surface area contributed by atoms with Crippen molar-refractivity contribution in [1.82, 2.24) is 0 Å². The van der Waals surface area contributed by atoms with Crippen molar-refractivity contribution < 1.29 is 43.7 Å². The van der Waals surface area contributed by atoms with Gasteiger partial charge in [-0.2, -0.15) is 0 Å². The molecule has 13 heteroatoms. The van der Waals surface area contributed by atoms with Crippen LogP contribution < -0.4 is 14.5 Å². The molecule has 0 aliphatic carbocycles. The summed E-state index contributed by atoms with van der Waals surface area (Å²) in [6, 6.07) is 15.5. The zero-order chi connectivity index (χ0) is 30.7. The number of fused-ring (bicyclic) bond motifs is 2. The van der Waals surface area contributed by atoms with E-state index in [9.17, 15) is 39.0 Å². The second-order valence-electron chi connectivity index (χ2n) is 9.35. The van der Waals surface area contributed by atoms with E-state index < -0.39 is 35.6 Å². The number of carboxylic acids is 2. The molecule has 0 aromatic heterocycles. The number of carboxylic acid groups (broad SMARTS) is 2. The Morgan fingerprint density at radius 2 is 0.907 bits per heavy atom. The Kier molecular flexibility index (Phi) is 6.48. The third-order valence-corrected chi connectivity index (χ3v) is 7.46. The van der Waals surface area contributed by atoms with E-state index in [1.165, 1.54) is 60.7 Å². The average molecular weight is 617 g/mol. The zero-order valence-corrected chi connectivity index (χ0v) is 22.8.